The van der Waals surface area contributed by atoms with Gasteiger partial charge < -0.3 is 14.4 Å². The maximum Gasteiger partial charge on any atom is 0.261 e. The Morgan fingerprint density at radius 2 is 1.87 bits per heavy atom. The molecule has 1 aliphatic rings. The molecule has 0 aliphatic carbocycles. The number of aliphatic hydroxyl groups excluding tert-OH is 1. The molecule has 0 unspecified atom stereocenters. The van der Waals surface area contributed by atoms with Crippen molar-refractivity contribution in [3.63, 3.8) is 0 Å². The molecule has 0 bridgehead atoms. The number of ether oxygens (including phenoxy) is 1. The summed E-state index contributed by atoms with van der Waals surface area (Å²) >= 11 is 0. The fraction of sp³-hybridized carbons (Fsp3) is 0.370. The van der Waals surface area contributed by atoms with E-state index in [9.17, 15) is 21.9 Å². The van der Waals surface area contributed by atoms with Crippen LogP contribution in [0, 0.1) is 17.8 Å². The summed E-state index contributed by atoms with van der Waals surface area (Å²) in [7, 11) is -4.84. The quantitative estimate of drug-likeness (QED) is 0.448. The van der Waals surface area contributed by atoms with Gasteiger partial charge in [-0.2, -0.15) is 8.61 Å². The van der Waals surface area contributed by atoms with Crippen molar-refractivity contribution in [3.8, 4) is 17.6 Å². The van der Waals surface area contributed by atoms with Crippen LogP contribution in [0.1, 0.15) is 25.0 Å². The molecule has 12 heteroatoms. The predicted molar refractivity (Wildman–Crippen MR) is 146 cm³/mol. The first-order valence-electron chi connectivity index (χ1n) is 12.4. The number of nitrogens with zero attached hydrogens (tertiary/aromatic N) is 4. The average molecular weight is 573 g/mol. The number of hydrogen-bond acceptors (Lipinski definition) is 7. The van der Waals surface area contributed by atoms with Crippen LogP contribution >= 0.6 is 0 Å². The molecule has 3 atom stereocenters. The van der Waals surface area contributed by atoms with Crippen LogP contribution in [0.2, 0.25) is 0 Å². The molecule has 2 aromatic carbocycles. The Morgan fingerprint density at radius 3 is 2.51 bits per heavy atom. The fourth-order valence-corrected chi connectivity index (χ4v) is 7.19. The first-order chi connectivity index (χ1) is 18.4. The van der Waals surface area contributed by atoms with Crippen LogP contribution in [0.3, 0.4) is 0 Å². The molecule has 2 heterocycles. The summed E-state index contributed by atoms with van der Waals surface area (Å²) in [6, 6.07) is 13.3. The molecule has 4 rings (SSSR count). The van der Waals surface area contributed by atoms with Crippen molar-refractivity contribution in [2.24, 2.45) is 13.0 Å². The van der Waals surface area contributed by atoms with Crippen LogP contribution in [-0.2, 0) is 27.1 Å². The first-order valence-corrected chi connectivity index (χ1v) is 15.3. The second kappa shape index (κ2) is 11.5. The summed E-state index contributed by atoms with van der Waals surface area (Å²) in [5.74, 6) is 5.73. The van der Waals surface area contributed by atoms with Crippen LogP contribution in [0.15, 0.2) is 71.0 Å². The van der Waals surface area contributed by atoms with Gasteiger partial charge in [-0.25, -0.2) is 21.8 Å². The van der Waals surface area contributed by atoms with Crippen LogP contribution < -0.4 is 4.74 Å². The van der Waals surface area contributed by atoms with E-state index in [4.69, 9.17) is 4.74 Å². The predicted octanol–water partition coefficient (Wildman–Crippen LogP) is 1.91. The number of likely N-dealkylation sites (N-methyl/N-ethyl adjacent to an activating group) is 1. The minimum atomic E-state index is -4.04. The van der Waals surface area contributed by atoms with Crippen molar-refractivity contribution in [1.82, 2.24) is 18.2 Å². The van der Waals surface area contributed by atoms with E-state index in [1.165, 1.54) is 29.9 Å². The van der Waals surface area contributed by atoms with E-state index in [0.717, 1.165) is 9.87 Å². The van der Waals surface area contributed by atoms with E-state index in [1.807, 2.05) is 30.3 Å². The van der Waals surface area contributed by atoms with E-state index in [0.29, 0.717) is 5.56 Å². The number of fused-ring (bicyclic) bond motifs is 1. The van der Waals surface area contributed by atoms with E-state index in [1.54, 1.807) is 37.6 Å². The van der Waals surface area contributed by atoms with Gasteiger partial charge in [-0.15, -0.1) is 0 Å². The standard InChI is InChI=1S/C27H32N4O6S2/c1-20-15-31(21(2)18-32)38(33,34)26-13-12-23(11-10-22-8-6-5-7-9-22)14-24(26)37-25(20)16-30(4)39(35,36)27-17-29(3)19-28-27/h5-9,12-14,17,19-21,25,32H,15-16,18H2,1-4H3/t20-,21+,25+/m1/s1. The molecular formula is C27H32N4O6S2. The highest BCUT2D eigenvalue weighted by atomic mass is 32.2. The Labute approximate surface area is 230 Å². The zero-order chi connectivity index (χ0) is 28.4. The lowest BCUT2D eigenvalue weighted by Crippen LogP contribution is -2.50. The summed E-state index contributed by atoms with van der Waals surface area (Å²) in [6.07, 6.45) is 2.11. The lowest BCUT2D eigenvalue weighted by atomic mass is 10.0. The zero-order valence-corrected chi connectivity index (χ0v) is 23.9. The number of aryl methyl sites for hydroxylation is 1. The number of sulfonamides is 2. The van der Waals surface area contributed by atoms with Gasteiger partial charge in [0.15, 0.2) is 5.03 Å². The number of imidazole rings is 1. The van der Waals surface area contributed by atoms with Crippen molar-refractivity contribution in [3.05, 3.63) is 72.2 Å². The van der Waals surface area contributed by atoms with Crippen LogP contribution in [0.4, 0.5) is 0 Å². The van der Waals surface area contributed by atoms with E-state index in [-0.39, 0.29) is 35.4 Å². The van der Waals surface area contributed by atoms with Gasteiger partial charge in [-0.3, -0.25) is 0 Å². The number of benzene rings is 2. The summed E-state index contributed by atoms with van der Waals surface area (Å²) in [4.78, 5) is 3.91. The molecule has 0 fully saturated rings. The molecule has 39 heavy (non-hydrogen) atoms. The number of aromatic nitrogens is 2. The fourth-order valence-electron chi connectivity index (χ4n) is 4.22. The monoisotopic (exact) mass is 572 g/mol. The second-order valence-corrected chi connectivity index (χ2v) is 13.5. The van der Waals surface area contributed by atoms with Crippen molar-refractivity contribution in [1.29, 1.82) is 0 Å². The second-order valence-electron chi connectivity index (χ2n) is 9.68. The molecule has 3 aromatic rings. The SMILES string of the molecule is C[C@@H]1CN([C@@H](C)CO)S(=O)(=O)c2ccc(C#Cc3ccccc3)cc2O[C@H]1CN(C)S(=O)(=O)c1cn(C)cn1. The highest BCUT2D eigenvalue weighted by Gasteiger charge is 2.39. The summed E-state index contributed by atoms with van der Waals surface area (Å²) < 4.78 is 63.9. The largest absolute Gasteiger partial charge is 0.487 e. The van der Waals surface area contributed by atoms with Gasteiger partial charge in [0, 0.05) is 49.9 Å². The van der Waals surface area contributed by atoms with Crippen LogP contribution in [0.25, 0.3) is 0 Å². The highest BCUT2D eigenvalue weighted by molar-refractivity contribution is 7.89. The third-order valence-corrected chi connectivity index (χ3v) is 10.3. The van der Waals surface area contributed by atoms with Crippen molar-refractivity contribution < 1.29 is 26.7 Å². The van der Waals surface area contributed by atoms with Gasteiger partial charge >= 0.3 is 0 Å². The molecule has 1 aromatic heterocycles. The molecule has 0 spiro atoms. The third-order valence-electron chi connectivity index (χ3n) is 6.58. The van der Waals surface area contributed by atoms with Crippen LogP contribution in [-0.4, -0.2) is 79.0 Å². The van der Waals surface area contributed by atoms with Crippen molar-refractivity contribution in [2.45, 2.75) is 35.9 Å². The Kier molecular flexibility index (Phi) is 8.48. The van der Waals surface area contributed by atoms with E-state index >= 15 is 0 Å². The van der Waals surface area contributed by atoms with Crippen LogP contribution in [0.5, 0.6) is 5.75 Å². The molecule has 1 aliphatic heterocycles. The lowest BCUT2D eigenvalue weighted by molar-refractivity contribution is 0.0904. The van der Waals surface area contributed by atoms with Gasteiger partial charge in [0.2, 0.25) is 10.0 Å². The molecule has 1 N–H and O–H groups in total. The average Bonchev–Trinajstić information content (AvgIpc) is 3.36. The highest BCUT2D eigenvalue weighted by Crippen LogP contribution is 2.34. The maximum atomic E-state index is 13.7. The van der Waals surface area contributed by atoms with E-state index < -0.39 is 38.1 Å². The Morgan fingerprint density at radius 1 is 1.18 bits per heavy atom. The minimum absolute atomic E-state index is 0.0290. The Balaban J connectivity index is 1.74. The molecule has 0 radical (unpaired) electrons. The molecule has 0 saturated carbocycles. The first kappa shape index (κ1) is 28.8. The normalized spacial score (nSPS) is 20.2. The summed E-state index contributed by atoms with van der Waals surface area (Å²) in [5, 5.41) is 9.74. The van der Waals surface area contributed by atoms with E-state index in [2.05, 4.69) is 16.8 Å². The Bertz CT molecular complexity index is 1590. The molecular weight excluding hydrogens is 540 g/mol. The smallest absolute Gasteiger partial charge is 0.261 e. The summed E-state index contributed by atoms with van der Waals surface area (Å²) in [5.41, 5.74) is 1.34. The minimum Gasteiger partial charge on any atom is -0.487 e. The zero-order valence-electron chi connectivity index (χ0n) is 22.2. The molecule has 208 valence electrons. The number of rotatable bonds is 6. The summed E-state index contributed by atoms with van der Waals surface area (Å²) in [6.45, 7) is 3.02. The Hall–Kier alpha value is -3.21. The molecule has 0 saturated heterocycles. The van der Waals surface area contributed by atoms with Gasteiger partial charge in [0.05, 0.1) is 19.5 Å². The lowest BCUT2D eigenvalue weighted by Gasteiger charge is -2.37. The number of aliphatic hydroxyl groups is 1. The topological polar surface area (TPSA) is 122 Å². The van der Waals surface area contributed by atoms with Gasteiger partial charge in [0.1, 0.15) is 16.7 Å². The maximum absolute atomic E-state index is 13.7. The van der Waals surface area contributed by atoms with Crippen molar-refractivity contribution in [2.75, 3.05) is 26.7 Å². The van der Waals surface area contributed by atoms with Crippen molar-refractivity contribution >= 4 is 20.0 Å². The molecule has 0 amide bonds. The van der Waals surface area contributed by atoms with Gasteiger partial charge in [0.25, 0.3) is 10.0 Å². The molecule has 10 nitrogen and oxygen atoms in total. The number of hydrogen-bond donors (Lipinski definition) is 1. The van der Waals surface area contributed by atoms with Gasteiger partial charge in [-0.05, 0) is 37.3 Å². The van der Waals surface area contributed by atoms with Gasteiger partial charge in [-0.1, -0.05) is 37.0 Å². The third kappa shape index (κ3) is 6.18.